The quantitative estimate of drug-likeness (QED) is 0.0769. The van der Waals surface area contributed by atoms with Crippen LogP contribution in [0.25, 0.3) is 0 Å². The van der Waals surface area contributed by atoms with Crippen molar-refractivity contribution in [2.45, 2.75) is 136 Å². The second-order valence-electron chi connectivity index (χ2n) is 22.1. The number of hydrogen-bond acceptors (Lipinski definition) is 10. The zero-order chi connectivity index (χ0) is 59.0. The number of halogens is 7. The largest absolute Gasteiger partial charge is 0.444 e. The summed E-state index contributed by atoms with van der Waals surface area (Å²) in [6.45, 7) is 23.9. The second-order valence-corrected chi connectivity index (χ2v) is 22.5. The van der Waals surface area contributed by atoms with Crippen LogP contribution in [0.4, 0.5) is 45.5 Å². The third-order valence-electron chi connectivity index (χ3n) is 13.4. The predicted molar refractivity (Wildman–Crippen MR) is 285 cm³/mol. The average Bonchev–Trinajstić information content (AvgIpc) is 4.13. The van der Waals surface area contributed by atoms with Crippen molar-refractivity contribution in [3.63, 3.8) is 0 Å². The van der Waals surface area contributed by atoms with Crippen molar-refractivity contribution in [1.29, 1.82) is 0 Å². The summed E-state index contributed by atoms with van der Waals surface area (Å²) in [5.74, 6) is -6.80. The zero-order valence-electron chi connectivity index (χ0n) is 47.5. The van der Waals surface area contributed by atoms with Crippen LogP contribution in [-0.2, 0) is 31.9 Å². The van der Waals surface area contributed by atoms with Crippen LogP contribution in [0, 0.1) is 46.7 Å². The minimum Gasteiger partial charge on any atom is -0.444 e. The molecule has 6 atom stereocenters. The Morgan fingerprint density at radius 2 is 1.01 bits per heavy atom. The summed E-state index contributed by atoms with van der Waals surface area (Å²) in [6.07, 6.45) is -0.605. The van der Waals surface area contributed by atoms with Gasteiger partial charge < -0.3 is 54.8 Å². The van der Waals surface area contributed by atoms with Crippen molar-refractivity contribution in [2.75, 3.05) is 87.1 Å². The molecule has 6 rings (SSSR count). The molecule has 0 radical (unpaired) electrons. The first-order valence-corrected chi connectivity index (χ1v) is 26.8. The zero-order valence-corrected chi connectivity index (χ0v) is 48.2. The van der Waals surface area contributed by atoms with Gasteiger partial charge in [-0.2, -0.15) is 0 Å². The van der Waals surface area contributed by atoms with Gasteiger partial charge in [0.15, 0.2) is 23.3 Å². The Morgan fingerprint density at radius 1 is 0.615 bits per heavy atom. The summed E-state index contributed by atoms with van der Waals surface area (Å²) in [4.78, 5) is 83.4. The van der Waals surface area contributed by atoms with Crippen LogP contribution < -0.4 is 16.0 Å². The minimum absolute atomic E-state index is 0.0963. The fourth-order valence-electron chi connectivity index (χ4n) is 9.46. The molecule has 24 heteroatoms. The molecule has 17 nitrogen and oxygen atoms in total. The first-order chi connectivity index (χ1) is 36.3. The molecule has 0 aliphatic carbocycles. The van der Waals surface area contributed by atoms with E-state index in [1.165, 1.54) is 29.4 Å². The Kier molecular flexibility index (Phi) is 25.8. The van der Waals surface area contributed by atoms with Gasteiger partial charge in [0.25, 0.3) is 0 Å². The van der Waals surface area contributed by atoms with Crippen LogP contribution in [0.15, 0.2) is 24.3 Å². The Hall–Kier alpha value is -5.55. The van der Waals surface area contributed by atoms with Crippen molar-refractivity contribution in [3.05, 3.63) is 70.3 Å². The number of urea groups is 1. The molecule has 2 aromatic carbocycles. The molecule has 440 valence electrons. The molecular formula is C54H82ClF6N9O8. The average molecular weight is 1130 g/mol. The fraction of sp³-hybridized carbons (Fsp3) is 0.667. The molecule has 0 saturated carbocycles. The Labute approximate surface area is 461 Å². The lowest BCUT2D eigenvalue weighted by Crippen LogP contribution is -2.46. The summed E-state index contributed by atoms with van der Waals surface area (Å²) < 4.78 is 93.0. The van der Waals surface area contributed by atoms with Gasteiger partial charge in [-0.15, -0.1) is 0 Å². The van der Waals surface area contributed by atoms with Crippen LogP contribution in [0.3, 0.4) is 0 Å². The number of ether oxygens (including phenoxy) is 2. The molecule has 0 unspecified atom stereocenters. The highest BCUT2D eigenvalue weighted by Crippen LogP contribution is 2.33. The number of carbonyl (C=O) groups is 6. The van der Waals surface area contributed by atoms with E-state index in [1.54, 1.807) is 84.4 Å². The van der Waals surface area contributed by atoms with Gasteiger partial charge in [0.2, 0.25) is 11.8 Å². The maximum atomic E-state index is 14.3. The molecule has 4 aliphatic rings. The molecule has 4 fully saturated rings. The maximum Gasteiger partial charge on any atom is 0.407 e. The molecule has 4 heterocycles. The highest BCUT2D eigenvalue weighted by atomic mass is 35.5. The molecule has 78 heavy (non-hydrogen) atoms. The SMILES string of the molecule is CC(C)(C)OC(=O)N[C@@H](CC(=O)N1CC[C@H]2CNC[C@H]21)Cc1cc(F)c(F)cc1F.CCN(CC)CC.CN(C)C(=O)Cl.CN(C)C(=O)N1C[C@@H]2CCN(C(=O)C[C@@H](Cc3cc(F)c(F)cc3F)NC(=O)OC(C)(C)C)[C@@H]2C1. The van der Waals surface area contributed by atoms with Crippen molar-refractivity contribution in [2.24, 2.45) is 11.8 Å². The third-order valence-corrected chi connectivity index (χ3v) is 13.7. The van der Waals surface area contributed by atoms with E-state index < -0.39 is 75.7 Å². The van der Waals surface area contributed by atoms with Gasteiger partial charge in [-0.05, 0) is 128 Å². The van der Waals surface area contributed by atoms with Gasteiger partial charge in [0.05, 0.1) is 6.04 Å². The molecule has 7 amide bonds. The number of nitrogens with one attached hydrogen (secondary N) is 3. The van der Waals surface area contributed by atoms with Gasteiger partial charge in [-0.1, -0.05) is 20.8 Å². The van der Waals surface area contributed by atoms with Gasteiger partial charge in [0, 0.05) is 116 Å². The lowest BCUT2D eigenvalue weighted by atomic mass is 10.0. The third kappa shape index (κ3) is 21.3. The highest BCUT2D eigenvalue weighted by Gasteiger charge is 2.45. The van der Waals surface area contributed by atoms with E-state index in [-0.39, 0.29) is 72.7 Å². The standard InChI is InChI=1S/C24H33F3N4O4.C21H28F3N3O3.C6H15N.C3H6ClNO/c1-24(2,3)35-22(33)28-16(8-15-9-18(26)19(27)11-17(15)25)10-21(32)31-7-6-14-12-30(13-20(14)31)23(34)29(4)5;1-21(2,3)30-20(29)26-14(6-13-7-16(23)17(24)9-15(13)22)8-19(28)27-5-4-12-10-25-11-18(12)27;1-4-7(5-2)6-3;1-5(2)3(4)6/h9,11,14,16,20H,6-8,10,12-13H2,1-5H3,(H,28,33);7,9,12,14,18,25H,4-6,8,10-11H2,1-3H3,(H,26,29);4-6H2,1-3H3;1-2H3/t14-,16+,20+;12-,14+,18+;;/m00../s1. The first-order valence-electron chi connectivity index (χ1n) is 26.4. The van der Waals surface area contributed by atoms with E-state index in [9.17, 15) is 55.1 Å². The number of rotatable bonds is 13. The number of amides is 7. The summed E-state index contributed by atoms with van der Waals surface area (Å²) in [7, 11) is 6.53. The monoisotopic (exact) mass is 1130 g/mol. The molecule has 3 N–H and O–H groups in total. The normalized spacial score (nSPS) is 19.2. The Balaban J connectivity index is 0.000000336. The number of hydrogen-bond donors (Lipinski definition) is 3. The van der Waals surface area contributed by atoms with Crippen LogP contribution in [0.1, 0.15) is 99.1 Å². The van der Waals surface area contributed by atoms with Crippen molar-refractivity contribution >= 4 is 47.0 Å². The predicted octanol–water partition coefficient (Wildman–Crippen LogP) is 8.15. The van der Waals surface area contributed by atoms with Crippen molar-refractivity contribution in [3.8, 4) is 0 Å². The Bertz CT molecular complexity index is 2350. The van der Waals surface area contributed by atoms with Crippen LogP contribution >= 0.6 is 11.6 Å². The van der Waals surface area contributed by atoms with E-state index in [4.69, 9.17) is 21.1 Å². The van der Waals surface area contributed by atoms with E-state index >= 15 is 0 Å². The van der Waals surface area contributed by atoms with Crippen molar-refractivity contribution in [1.82, 2.24) is 45.3 Å². The second kappa shape index (κ2) is 30.2. The van der Waals surface area contributed by atoms with Gasteiger partial charge in [-0.3, -0.25) is 14.4 Å². The Morgan fingerprint density at radius 3 is 1.38 bits per heavy atom. The smallest absolute Gasteiger partial charge is 0.407 e. The molecule has 0 aromatic heterocycles. The molecule has 0 bridgehead atoms. The van der Waals surface area contributed by atoms with Crippen molar-refractivity contribution < 1.29 is 64.6 Å². The molecule has 4 saturated heterocycles. The van der Waals surface area contributed by atoms with E-state index in [0.717, 1.165) is 38.1 Å². The topological polar surface area (TPSA) is 176 Å². The van der Waals surface area contributed by atoms with Gasteiger partial charge in [-0.25, -0.2) is 40.7 Å². The number of nitrogens with zero attached hydrogens (tertiary/aromatic N) is 6. The summed E-state index contributed by atoms with van der Waals surface area (Å²) in [5, 5.41) is 8.00. The minimum atomic E-state index is -1.32. The number of benzene rings is 2. The van der Waals surface area contributed by atoms with E-state index in [2.05, 4.69) is 41.6 Å². The molecule has 2 aromatic rings. The van der Waals surface area contributed by atoms with Gasteiger partial charge in [0.1, 0.15) is 22.8 Å². The number of likely N-dealkylation sites (tertiary alicyclic amines) is 3. The number of alkyl carbamates (subject to hydrolysis) is 2. The van der Waals surface area contributed by atoms with Gasteiger partial charge >= 0.3 is 23.6 Å². The molecule has 0 spiro atoms. The molecule has 4 aliphatic heterocycles. The summed E-state index contributed by atoms with van der Waals surface area (Å²) in [6, 6.07) is 0.483. The van der Waals surface area contributed by atoms with Crippen LogP contribution in [0.5, 0.6) is 0 Å². The number of fused-ring (bicyclic) bond motifs is 2. The summed E-state index contributed by atoms with van der Waals surface area (Å²) in [5.41, 5.74) is -1.85. The van der Waals surface area contributed by atoms with E-state index in [1.807, 2.05) is 0 Å². The lowest BCUT2D eigenvalue weighted by molar-refractivity contribution is -0.133. The first kappa shape index (κ1) is 66.7. The highest BCUT2D eigenvalue weighted by molar-refractivity contribution is 6.62. The fourth-order valence-corrected chi connectivity index (χ4v) is 9.46. The number of carbonyl (C=O) groups excluding carboxylic acids is 6. The maximum absolute atomic E-state index is 14.3. The van der Waals surface area contributed by atoms with Crippen LogP contribution in [0.2, 0.25) is 0 Å². The molecular weight excluding hydrogens is 1050 g/mol. The van der Waals surface area contributed by atoms with E-state index in [0.29, 0.717) is 44.2 Å². The van der Waals surface area contributed by atoms with Crippen LogP contribution in [-0.4, -0.2) is 187 Å². The summed E-state index contributed by atoms with van der Waals surface area (Å²) >= 11 is 4.90. The lowest BCUT2D eigenvalue weighted by Gasteiger charge is -2.28.